The van der Waals surface area contributed by atoms with Crippen LogP contribution < -0.4 is 0 Å². The lowest BCUT2D eigenvalue weighted by Gasteiger charge is -2.34. The van der Waals surface area contributed by atoms with E-state index in [-0.39, 0.29) is 0 Å². The van der Waals surface area contributed by atoms with Crippen LogP contribution in [-0.4, -0.2) is 17.5 Å². The van der Waals surface area contributed by atoms with Crippen LogP contribution in [0.5, 0.6) is 0 Å². The Hall–Kier alpha value is -2.88. The molecule has 1 aliphatic carbocycles. The van der Waals surface area contributed by atoms with Gasteiger partial charge in [0.1, 0.15) is 11.5 Å². The van der Waals surface area contributed by atoms with Gasteiger partial charge >= 0.3 is 0 Å². The molecule has 0 amide bonds. The summed E-state index contributed by atoms with van der Waals surface area (Å²) in [6.45, 7) is 0. The Morgan fingerprint density at radius 3 is 2.61 bits per heavy atom. The topological polar surface area (TPSA) is 51.0 Å². The van der Waals surface area contributed by atoms with Gasteiger partial charge in [-0.1, -0.05) is 12.2 Å². The first kappa shape index (κ1) is 12.6. The van der Waals surface area contributed by atoms with Crippen molar-refractivity contribution >= 4 is 17.5 Å². The first-order chi connectivity index (χ1) is 11.4. The number of allylic oxidation sites excluding steroid dienone is 3. The predicted octanol–water partition coefficient (Wildman–Crippen LogP) is 4.19. The van der Waals surface area contributed by atoms with Gasteiger partial charge in [0.15, 0.2) is 5.54 Å². The summed E-state index contributed by atoms with van der Waals surface area (Å²) in [7, 11) is 0. The number of dihydropyridines is 1. The van der Waals surface area contributed by atoms with E-state index in [1.165, 1.54) is 5.57 Å². The molecule has 1 spiro atoms. The third-order valence-electron chi connectivity index (χ3n) is 4.61. The highest BCUT2D eigenvalue weighted by Gasteiger charge is 2.49. The van der Waals surface area contributed by atoms with Gasteiger partial charge in [-0.15, -0.1) is 0 Å². The maximum Gasteiger partial charge on any atom is 0.153 e. The molecule has 0 N–H and O–H groups in total. The summed E-state index contributed by atoms with van der Waals surface area (Å²) < 4.78 is 11.2. The van der Waals surface area contributed by atoms with Gasteiger partial charge in [-0.3, -0.25) is 9.98 Å². The standard InChI is InChI=1S/C19H14N2O2/c1-4-13-12-15(17-6-3-11-23-17)21-19(13)14(16-5-2-10-22-16)8-9-20-18(19)7-1/h2-11H,1,12H2. The fourth-order valence-corrected chi connectivity index (χ4v) is 3.63. The SMILES string of the molecule is C1=NC2=CCC=C3CC(c4ccco4)=NC32C(c2ccco2)=C1. The summed E-state index contributed by atoms with van der Waals surface area (Å²) in [5, 5.41) is 0. The van der Waals surface area contributed by atoms with Crippen LogP contribution in [0.25, 0.3) is 5.57 Å². The molecule has 1 unspecified atom stereocenters. The second kappa shape index (κ2) is 4.56. The minimum Gasteiger partial charge on any atom is -0.465 e. The van der Waals surface area contributed by atoms with E-state index >= 15 is 0 Å². The van der Waals surface area contributed by atoms with E-state index in [1.54, 1.807) is 12.5 Å². The Morgan fingerprint density at radius 1 is 1.00 bits per heavy atom. The van der Waals surface area contributed by atoms with Crippen molar-refractivity contribution in [3.63, 3.8) is 0 Å². The molecule has 4 nitrogen and oxygen atoms in total. The molecule has 0 aromatic carbocycles. The highest BCUT2D eigenvalue weighted by Crippen LogP contribution is 2.51. The fourth-order valence-electron chi connectivity index (χ4n) is 3.63. The van der Waals surface area contributed by atoms with Gasteiger partial charge in [0.2, 0.25) is 0 Å². The molecule has 23 heavy (non-hydrogen) atoms. The van der Waals surface area contributed by atoms with Gasteiger partial charge in [-0.2, -0.15) is 0 Å². The summed E-state index contributed by atoms with van der Waals surface area (Å²) in [5.74, 6) is 1.65. The number of hydrogen-bond acceptors (Lipinski definition) is 4. The zero-order valence-corrected chi connectivity index (χ0v) is 12.4. The number of aliphatic imine (C=N–C) groups is 2. The molecule has 2 aromatic heterocycles. The van der Waals surface area contributed by atoms with E-state index in [9.17, 15) is 0 Å². The highest BCUT2D eigenvalue weighted by atomic mass is 16.3. The van der Waals surface area contributed by atoms with Crippen molar-refractivity contribution in [1.29, 1.82) is 0 Å². The van der Waals surface area contributed by atoms with Crippen molar-refractivity contribution in [3.05, 3.63) is 77.8 Å². The molecular formula is C19H14N2O2. The number of rotatable bonds is 2. The van der Waals surface area contributed by atoms with Crippen LogP contribution >= 0.6 is 0 Å². The lowest BCUT2D eigenvalue weighted by molar-refractivity contribution is 0.540. The molecule has 0 fully saturated rings. The van der Waals surface area contributed by atoms with Gasteiger partial charge in [0.25, 0.3) is 0 Å². The molecule has 1 atom stereocenters. The first-order valence-corrected chi connectivity index (χ1v) is 7.69. The van der Waals surface area contributed by atoms with Crippen LogP contribution in [0.15, 0.2) is 85.1 Å². The molecule has 0 radical (unpaired) electrons. The number of furan rings is 2. The molecule has 112 valence electrons. The number of nitrogens with zero attached hydrogens (tertiary/aromatic N) is 2. The Labute approximate surface area is 133 Å². The second-order valence-electron chi connectivity index (χ2n) is 5.81. The van der Waals surface area contributed by atoms with Crippen molar-refractivity contribution in [3.8, 4) is 0 Å². The van der Waals surface area contributed by atoms with Gasteiger partial charge in [0.05, 0.1) is 23.9 Å². The van der Waals surface area contributed by atoms with E-state index in [2.05, 4.69) is 17.1 Å². The molecule has 0 saturated heterocycles. The normalized spacial score (nSPS) is 25.2. The second-order valence-corrected chi connectivity index (χ2v) is 5.81. The van der Waals surface area contributed by atoms with Gasteiger partial charge in [0, 0.05) is 18.2 Å². The van der Waals surface area contributed by atoms with Crippen molar-refractivity contribution in [1.82, 2.24) is 0 Å². The average Bonchev–Trinajstić information content (AvgIpc) is 3.31. The van der Waals surface area contributed by atoms with Crippen molar-refractivity contribution in [2.45, 2.75) is 18.4 Å². The first-order valence-electron chi connectivity index (χ1n) is 7.69. The third kappa shape index (κ3) is 1.66. The summed E-state index contributed by atoms with van der Waals surface area (Å²) in [6, 6.07) is 7.73. The van der Waals surface area contributed by atoms with Crippen LogP contribution in [-0.2, 0) is 0 Å². The molecule has 0 saturated carbocycles. The highest BCUT2D eigenvalue weighted by molar-refractivity contribution is 6.07. The number of hydrogen-bond donors (Lipinski definition) is 0. The van der Waals surface area contributed by atoms with Crippen LogP contribution in [0.4, 0.5) is 0 Å². The van der Waals surface area contributed by atoms with E-state index in [4.69, 9.17) is 13.8 Å². The molecule has 3 aliphatic rings. The van der Waals surface area contributed by atoms with E-state index in [0.717, 1.165) is 41.3 Å². The Balaban J connectivity index is 1.74. The summed E-state index contributed by atoms with van der Waals surface area (Å²) in [6.07, 6.45) is 13.3. The van der Waals surface area contributed by atoms with Crippen molar-refractivity contribution < 1.29 is 8.83 Å². The van der Waals surface area contributed by atoms with Crippen LogP contribution in [0.2, 0.25) is 0 Å². The van der Waals surface area contributed by atoms with Crippen LogP contribution in [0.3, 0.4) is 0 Å². The average molecular weight is 302 g/mol. The van der Waals surface area contributed by atoms with Crippen LogP contribution in [0.1, 0.15) is 24.4 Å². The zero-order valence-electron chi connectivity index (χ0n) is 12.4. The molecule has 5 rings (SSSR count). The quantitative estimate of drug-likeness (QED) is 0.781. The van der Waals surface area contributed by atoms with Gasteiger partial charge < -0.3 is 8.83 Å². The van der Waals surface area contributed by atoms with Gasteiger partial charge in [-0.25, -0.2) is 0 Å². The minimum atomic E-state index is -0.563. The summed E-state index contributed by atoms with van der Waals surface area (Å²) >= 11 is 0. The molecule has 2 aliphatic heterocycles. The van der Waals surface area contributed by atoms with Gasteiger partial charge in [-0.05, 0) is 42.3 Å². The molecule has 4 heterocycles. The third-order valence-corrected chi connectivity index (χ3v) is 4.61. The van der Waals surface area contributed by atoms with Crippen molar-refractivity contribution in [2.75, 3.05) is 0 Å². The zero-order chi connectivity index (χ0) is 15.3. The monoisotopic (exact) mass is 302 g/mol. The fraction of sp³-hybridized carbons (Fsp3) is 0.158. The smallest absolute Gasteiger partial charge is 0.153 e. The lowest BCUT2D eigenvalue weighted by Crippen LogP contribution is -2.33. The lowest BCUT2D eigenvalue weighted by atomic mass is 9.75. The van der Waals surface area contributed by atoms with E-state index in [0.29, 0.717) is 0 Å². The van der Waals surface area contributed by atoms with E-state index in [1.807, 2.05) is 36.6 Å². The van der Waals surface area contributed by atoms with E-state index < -0.39 is 5.54 Å². The molecular weight excluding hydrogens is 288 g/mol. The Morgan fingerprint density at radius 2 is 1.83 bits per heavy atom. The summed E-state index contributed by atoms with van der Waals surface area (Å²) in [4.78, 5) is 9.69. The maximum absolute atomic E-state index is 5.67. The Kier molecular flexibility index (Phi) is 2.50. The van der Waals surface area contributed by atoms with Crippen LogP contribution in [0, 0.1) is 0 Å². The predicted molar refractivity (Wildman–Crippen MR) is 88.6 cm³/mol. The Bertz CT molecular complexity index is 909. The molecule has 4 heteroatoms. The summed E-state index contributed by atoms with van der Waals surface area (Å²) in [5.41, 5.74) is 3.67. The minimum absolute atomic E-state index is 0.563. The maximum atomic E-state index is 5.67. The molecule has 2 aromatic rings. The molecule has 0 bridgehead atoms. The van der Waals surface area contributed by atoms with Crippen molar-refractivity contribution in [2.24, 2.45) is 9.98 Å². The largest absolute Gasteiger partial charge is 0.465 e.